The van der Waals surface area contributed by atoms with Gasteiger partial charge in [0.2, 0.25) is 11.8 Å². The van der Waals surface area contributed by atoms with Gasteiger partial charge >= 0.3 is 0 Å². The van der Waals surface area contributed by atoms with E-state index < -0.39 is 0 Å². The molecule has 0 aromatic carbocycles. The number of nitrogens with one attached hydrogen (secondary N) is 2. The van der Waals surface area contributed by atoms with E-state index in [1.165, 1.54) is 0 Å². The zero-order valence-corrected chi connectivity index (χ0v) is 7.90. The zero-order valence-electron chi connectivity index (χ0n) is 6.32. The molecule has 0 rings (SSSR count). The van der Waals surface area contributed by atoms with E-state index in [0.29, 0.717) is 6.54 Å². The Kier molecular flexibility index (Phi) is 5.83. The van der Waals surface area contributed by atoms with E-state index in [-0.39, 0.29) is 23.7 Å². The lowest BCUT2D eigenvalue weighted by atomic mass is 10.5. The Morgan fingerprint density at radius 3 is 2.36 bits per heavy atom. The van der Waals surface area contributed by atoms with E-state index in [9.17, 15) is 9.59 Å². The number of hydrogen-bond donors (Lipinski definition) is 2. The Labute approximate surface area is 73.9 Å². The summed E-state index contributed by atoms with van der Waals surface area (Å²) in [5.41, 5.74) is 0. The fraction of sp³-hybridized carbons (Fsp3) is 0.667. The average molecular weight is 223 g/mol. The molecule has 4 nitrogen and oxygen atoms in total. The van der Waals surface area contributed by atoms with Gasteiger partial charge in [-0.25, -0.2) is 0 Å². The van der Waals surface area contributed by atoms with E-state index in [2.05, 4.69) is 26.6 Å². The minimum Gasteiger partial charge on any atom is -0.355 e. The first-order valence-corrected chi connectivity index (χ1v) is 4.42. The molecule has 0 bridgehead atoms. The van der Waals surface area contributed by atoms with Gasteiger partial charge < -0.3 is 10.6 Å². The maximum atomic E-state index is 10.7. The molecule has 0 saturated heterocycles. The highest BCUT2D eigenvalue weighted by atomic mass is 79.9. The molecule has 0 aliphatic heterocycles. The molecule has 0 fully saturated rings. The summed E-state index contributed by atoms with van der Waals surface area (Å²) in [6, 6.07) is 0. The Morgan fingerprint density at radius 2 is 1.91 bits per heavy atom. The molecule has 0 heterocycles. The predicted octanol–water partition coefficient (Wildman–Crippen LogP) is -0.366. The summed E-state index contributed by atoms with van der Waals surface area (Å²) in [6.45, 7) is 2.46. The largest absolute Gasteiger partial charge is 0.355 e. The molecule has 0 aliphatic carbocycles. The molecule has 0 unspecified atom stereocenters. The molecule has 0 saturated carbocycles. The molecule has 0 radical (unpaired) electrons. The lowest BCUT2D eigenvalue weighted by Gasteiger charge is -2.02. The molecule has 64 valence electrons. The van der Waals surface area contributed by atoms with Crippen molar-refractivity contribution in [1.82, 2.24) is 10.6 Å². The number of carbonyl (C=O) groups is 2. The normalized spacial score (nSPS) is 8.91. The van der Waals surface area contributed by atoms with Crippen LogP contribution in [-0.4, -0.2) is 30.2 Å². The van der Waals surface area contributed by atoms with Crippen molar-refractivity contribution in [3.63, 3.8) is 0 Å². The van der Waals surface area contributed by atoms with Crippen LogP contribution in [0.2, 0.25) is 0 Å². The number of hydrogen-bond acceptors (Lipinski definition) is 2. The van der Waals surface area contributed by atoms with Gasteiger partial charge in [-0.2, -0.15) is 0 Å². The molecule has 0 aromatic heterocycles. The SMILES string of the molecule is CCNC(=O)CNC(=O)CBr. The van der Waals surface area contributed by atoms with Crippen molar-refractivity contribution in [3.05, 3.63) is 0 Å². The summed E-state index contributed by atoms with van der Waals surface area (Å²) in [5.74, 6) is -0.349. The van der Waals surface area contributed by atoms with E-state index in [1.807, 2.05) is 6.92 Å². The van der Waals surface area contributed by atoms with Gasteiger partial charge in [0.1, 0.15) is 0 Å². The summed E-state index contributed by atoms with van der Waals surface area (Å²) < 4.78 is 0. The highest BCUT2D eigenvalue weighted by molar-refractivity contribution is 9.09. The van der Waals surface area contributed by atoms with Crippen molar-refractivity contribution in [1.29, 1.82) is 0 Å². The molecular formula is C6H11BrN2O2. The maximum Gasteiger partial charge on any atom is 0.239 e. The van der Waals surface area contributed by atoms with E-state index >= 15 is 0 Å². The number of rotatable bonds is 4. The summed E-state index contributed by atoms with van der Waals surface area (Å²) in [6.07, 6.45) is 0. The summed E-state index contributed by atoms with van der Waals surface area (Å²) >= 11 is 2.96. The monoisotopic (exact) mass is 222 g/mol. The number of halogens is 1. The third-order valence-corrected chi connectivity index (χ3v) is 1.45. The second-order valence-electron chi connectivity index (χ2n) is 1.86. The first kappa shape index (κ1) is 10.4. The molecule has 5 heteroatoms. The van der Waals surface area contributed by atoms with Gasteiger partial charge in [0.25, 0.3) is 0 Å². The van der Waals surface area contributed by atoms with Crippen LogP contribution in [0.5, 0.6) is 0 Å². The summed E-state index contributed by atoms with van der Waals surface area (Å²) in [7, 11) is 0. The lowest BCUT2D eigenvalue weighted by molar-refractivity contribution is -0.124. The van der Waals surface area contributed by atoms with Gasteiger partial charge in [0.15, 0.2) is 0 Å². The average Bonchev–Trinajstić information content (AvgIpc) is 2.01. The van der Waals surface area contributed by atoms with Gasteiger partial charge in [0.05, 0.1) is 11.9 Å². The fourth-order valence-electron chi connectivity index (χ4n) is 0.486. The second kappa shape index (κ2) is 6.15. The second-order valence-corrected chi connectivity index (χ2v) is 2.42. The van der Waals surface area contributed by atoms with E-state index in [0.717, 1.165) is 0 Å². The van der Waals surface area contributed by atoms with Gasteiger partial charge in [0, 0.05) is 6.54 Å². The van der Waals surface area contributed by atoms with Crippen molar-refractivity contribution >= 4 is 27.7 Å². The molecule has 0 spiro atoms. The zero-order chi connectivity index (χ0) is 8.69. The van der Waals surface area contributed by atoms with Crippen molar-refractivity contribution in [2.75, 3.05) is 18.4 Å². The van der Waals surface area contributed by atoms with Crippen LogP contribution in [0.3, 0.4) is 0 Å². The highest BCUT2D eigenvalue weighted by Gasteiger charge is 2.01. The number of likely N-dealkylation sites (N-methyl/N-ethyl adjacent to an activating group) is 1. The first-order valence-electron chi connectivity index (χ1n) is 3.30. The van der Waals surface area contributed by atoms with Crippen LogP contribution in [0.15, 0.2) is 0 Å². The Hall–Kier alpha value is -0.580. The minimum absolute atomic E-state index is 0.0538. The molecule has 0 aliphatic rings. The van der Waals surface area contributed by atoms with Gasteiger partial charge in [-0.3, -0.25) is 9.59 Å². The van der Waals surface area contributed by atoms with Crippen LogP contribution < -0.4 is 10.6 Å². The van der Waals surface area contributed by atoms with Gasteiger partial charge in [-0.15, -0.1) is 0 Å². The molecular weight excluding hydrogens is 212 g/mol. The lowest BCUT2D eigenvalue weighted by Crippen LogP contribution is -2.37. The summed E-state index contributed by atoms with van der Waals surface area (Å²) in [5, 5.41) is 5.20. The maximum absolute atomic E-state index is 10.7. The number of carbonyl (C=O) groups excluding carboxylic acids is 2. The van der Waals surface area contributed by atoms with Crippen LogP contribution in [0.25, 0.3) is 0 Å². The third-order valence-electron chi connectivity index (χ3n) is 0.941. The first-order chi connectivity index (χ1) is 5.20. The minimum atomic E-state index is -0.184. The van der Waals surface area contributed by atoms with Crippen LogP contribution in [-0.2, 0) is 9.59 Å². The number of alkyl halides is 1. The topological polar surface area (TPSA) is 58.2 Å². The molecule has 11 heavy (non-hydrogen) atoms. The van der Waals surface area contributed by atoms with Gasteiger partial charge in [-0.05, 0) is 6.92 Å². The van der Waals surface area contributed by atoms with Crippen molar-refractivity contribution in [2.24, 2.45) is 0 Å². The van der Waals surface area contributed by atoms with E-state index in [1.54, 1.807) is 0 Å². The van der Waals surface area contributed by atoms with Crippen LogP contribution in [0, 0.1) is 0 Å². The van der Waals surface area contributed by atoms with Gasteiger partial charge in [-0.1, -0.05) is 15.9 Å². The quantitative estimate of drug-likeness (QED) is 0.639. The number of amides is 2. The van der Waals surface area contributed by atoms with E-state index in [4.69, 9.17) is 0 Å². The van der Waals surface area contributed by atoms with Crippen LogP contribution >= 0.6 is 15.9 Å². The Morgan fingerprint density at radius 1 is 1.27 bits per heavy atom. The molecule has 0 atom stereocenters. The highest BCUT2D eigenvalue weighted by Crippen LogP contribution is 1.77. The molecule has 2 amide bonds. The third kappa shape index (κ3) is 5.84. The molecule has 2 N–H and O–H groups in total. The fourth-order valence-corrected chi connectivity index (χ4v) is 0.684. The summed E-state index contributed by atoms with van der Waals surface area (Å²) in [4.78, 5) is 21.3. The smallest absolute Gasteiger partial charge is 0.239 e. The standard InChI is InChI=1S/C6H11BrN2O2/c1-2-8-6(11)4-9-5(10)3-7/h2-4H2,1H3,(H,8,11)(H,9,10). The Bertz CT molecular complexity index is 150. The molecule has 0 aromatic rings. The van der Waals surface area contributed by atoms with Crippen molar-refractivity contribution in [3.8, 4) is 0 Å². The predicted molar refractivity (Wildman–Crippen MR) is 45.5 cm³/mol. The van der Waals surface area contributed by atoms with Crippen molar-refractivity contribution < 1.29 is 9.59 Å². The van der Waals surface area contributed by atoms with Crippen molar-refractivity contribution in [2.45, 2.75) is 6.92 Å². The van der Waals surface area contributed by atoms with Crippen LogP contribution in [0.4, 0.5) is 0 Å². The Balaban J connectivity index is 3.38. The van der Waals surface area contributed by atoms with Crippen LogP contribution in [0.1, 0.15) is 6.92 Å².